The van der Waals surface area contributed by atoms with Gasteiger partial charge >= 0.3 is 6.18 Å². The molecule has 2 nitrogen and oxygen atoms in total. The molecule has 0 aliphatic rings. The molecule has 1 aromatic carbocycles. The number of rotatable bonds is 4. The Kier molecular flexibility index (Phi) is 4.39. The van der Waals surface area contributed by atoms with Crippen molar-refractivity contribution >= 4 is 0 Å². The van der Waals surface area contributed by atoms with Crippen LogP contribution in [0.3, 0.4) is 0 Å². The molecule has 1 N–H and O–H groups in total. The molecule has 0 aliphatic carbocycles. The molecule has 0 spiro atoms. The van der Waals surface area contributed by atoms with Crippen LogP contribution < -0.4 is 5.32 Å². The van der Waals surface area contributed by atoms with Crippen molar-refractivity contribution in [3.63, 3.8) is 0 Å². The fourth-order valence-electron chi connectivity index (χ4n) is 2.05. The molecule has 1 atom stereocenters. The zero-order chi connectivity index (χ0) is 14.6. The Balaban J connectivity index is 2.16. The van der Waals surface area contributed by atoms with E-state index >= 15 is 0 Å². The van der Waals surface area contributed by atoms with Gasteiger partial charge in [0, 0.05) is 18.4 Å². The van der Waals surface area contributed by atoms with E-state index in [1.165, 1.54) is 12.1 Å². The van der Waals surface area contributed by atoms with E-state index in [0.29, 0.717) is 6.42 Å². The smallest absolute Gasteiger partial charge is 0.313 e. The highest BCUT2D eigenvalue weighted by molar-refractivity contribution is 5.28. The van der Waals surface area contributed by atoms with E-state index in [1.54, 1.807) is 19.4 Å². The third kappa shape index (κ3) is 3.57. The van der Waals surface area contributed by atoms with Gasteiger partial charge in [0.1, 0.15) is 0 Å². The van der Waals surface area contributed by atoms with Crippen molar-refractivity contribution in [3.05, 3.63) is 65.5 Å². The number of likely N-dealkylation sites (N-methyl/N-ethyl adjacent to an activating group) is 1. The first-order valence-electron chi connectivity index (χ1n) is 6.24. The van der Waals surface area contributed by atoms with Gasteiger partial charge in [0.15, 0.2) is 0 Å². The summed E-state index contributed by atoms with van der Waals surface area (Å²) in [6.45, 7) is 0. The quantitative estimate of drug-likeness (QED) is 0.925. The molecule has 106 valence electrons. The first-order valence-corrected chi connectivity index (χ1v) is 6.24. The highest BCUT2D eigenvalue weighted by Crippen LogP contribution is 2.30. The molecule has 1 heterocycles. The third-order valence-electron chi connectivity index (χ3n) is 3.15. The summed E-state index contributed by atoms with van der Waals surface area (Å²) in [5.74, 6) is 0. The first kappa shape index (κ1) is 14.5. The van der Waals surface area contributed by atoms with Crippen molar-refractivity contribution in [2.75, 3.05) is 7.05 Å². The van der Waals surface area contributed by atoms with Crippen molar-refractivity contribution < 1.29 is 13.2 Å². The van der Waals surface area contributed by atoms with Crippen molar-refractivity contribution in [1.82, 2.24) is 10.3 Å². The van der Waals surface area contributed by atoms with Crippen LogP contribution in [0.15, 0.2) is 48.8 Å². The van der Waals surface area contributed by atoms with Crippen LogP contribution in [-0.2, 0) is 12.6 Å². The Bertz CT molecular complexity index is 535. The molecule has 0 saturated heterocycles. The Morgan fingerprint density at radius 1 is 1.15 bits per heavy atom. The Morgan fingerprint density at radius 2 is 1.85 bits per heavy atom. The van der Waals surface area contributed by atoms with Crippen LogP contribution in [0.5, 0.6) is 0 Å². The normalized spacial score (nSPS) is 13.2. The summed E-state index contributed by atoms with van der Waals surface area (Å²) in [5.41, 5.74) is 1.23. The number of alkyl halides is 3. The minimum absolute atomic E-state index is 0.0403. The Hall–Kier alpha value is -1.88. The van der Waals surface area contributed by atoms with E-state index in [9.17, 15) is 13.2 Å². The number of hydrogen-bond acceptors (Lipinski definition) is 2. The molecule has 2 aromatic rings. The maximum absolute atomic E-state index is 12.5. The highest BCUT2D eigenvalue weighted by atomic mass is 19.4. The van der Waals surface area contributed by atoms with Crippen LogP contribution in [0.2, 0.25) is 0 Å². The van der Waals surface area contributed by atoms with Gasteiger partial charge in [-0.1, -0.05) is 18.2 Å². The zero-order valence-electron chi connectivity index (χ0n) is 11.0. The maximum atomic E-state index is 12.5. The predicted molar refractivity (Wildman–Crippen MR) is 71.2 cm³/mol. The largest absolute Gasteiger partial charge is 0.416 e. The van der Waals surface area contributed by atoms with E-state index < -0.39 is 11.7 Å². The van der Waals surface area contributed by atoms with E-state index in [4.69, 9.17) is 0 Å². The first-order chi connectivity index (χ1) is 9.50. The average Bonchev–Trinajstić information content (AvgIpc) is 2.45. The van der Waals surface area contributed by atoms with E-state index in [2.05, 4.69) is 10.3 Å². The summed E-state index contributed by atoms with van der Waals surface area (Å²) < 4.78 is 37.6. The van der Waals surface area contributed by atoms with E-state index in [-0.39, 0.29) is 6.04 Å². The summed E-state index contributed by atoms with van der Waals surface area (Å²) >= 11 is 0. The van der Waals surface area contributed by atoms with E-state index in [1.807, 2.05) is 12.1 Å². The second-order valence-electron chi connectivity index (χ2n) is 4.53. The van der Waals surface area contributed by atoms with Gasteiger partial charge in [-0.05, 0) is 42.8 Å². The Morgan fingerprint density at radius 3 is 2.35 bits per heavy atom. The Labute approximate surface area is 115 Å². The number of hydrogen-bond donors (Lipinski definition) is 1. The van der Waals surface area contributed by atoms with Gasteiger partial charge < -0.3 is 5.32 Å². The topological polar surface area (TPSA) is 24.9 Å². The number of aromatic nitrogens is 1. The van der Waals surface area contributed by atoms with Crippen molar-refractivity contribution in [3.8, 4) is 0 Å². The molecule has 0 radical (unpaired) electrons. The highest BCUT2D eigenvalue weighted by Gasteiger charge is 2.30. The summed E-state index contributed by atoms with van der Waals surface area (Å²) in [7, 11) is 1.79. The summed E-state index contributed by atoms with van der Waals surface area (Å²) in [4.78, 5) is 4.04. The van der Waals surface area contributed by atoms with Gasteiger partial charge in [0.05, 0.1) is 5.56 Å². The van der Waals surface area contributed by atoms with Crippen LogP contribution in [0.1, 0.15) is 22.7 Å². The lowest BCUT2D eigenvalue weighted by molar-refractivity contribution is -0.137. The second-order valence-corrected chi connectivity index (χ2v) is 4.53. The number of halogens is 3. The molecule has 2 rings (SSSR count). The predicted octanol–water partition coefficient (Wildman–Crippen LogP) is 3.60. The number of pyridine rings is 1. The van der Waals surface area contributed by atoms with Crippen molar-refractivity contribution in [2.45, 2.75) is 18.6 Å². The zero-order valence-corrected chi connectivity index (χ0v) is 11.0. The molecular formula is C15H15F3N2. The van der Waals surface area contributed by atoms with Gasteiger partial charge in [-0.3, -0.25) is 4.98 Å². The molecular weight excluding hydrogens is 265 g/mol. The molecule has 0 saturated carbocycles. The summed E-state index contributed by atoms with van der Waals surface area (Å²) in [6.07, 6.45) is -0.169. The van der Waals surface area contributed by atoms with Crippen LogP contribution in [0.4, 0.5) is 13.2 Å². The molecule has 1 unspecified atom stereocenters. The van der Waals surface area contributed by atoms with Gasteiger partial charge in [-0.15, -0.1) is 0 Å². The van der Waals surface area contributed by atoms with Crippen LogP contribution in [-0.4, -0.2) is 12.0 Å². The van der Waals surface area contributed by atoms with Crippen LogP contribution in [0.25, 0.3) is 0 Å². The maximum Gasteiger partial charge on any atom is 0.416 e. The fourth-order valence-corrected chi connectivity index (χ4v) is 2.05. The van der Waals surface area contributed by atoms with Crippen LogP contribution >= 0.6 is 0 Å². The lowest BCUT2D eigenvalue weighted by Crippen LogP contribution is -2.19. The standard InChI is InChI=1S/C15H15F3N2/c1-19-14(9-11-3-2-8-20-10-11)12-4-6-13(7-5-12)15(16,17)18/h2-8,10,14,19H,9H2,1H3. The SMILES string of the molecule is CNC(Cc1cccnc1)c1ccc(C(F)(F)F)cc1. The molecule has 0 fully saturated rings. The number of nitrogens with one attached hydrogen (secondary N) is 1. The van der Waals surface area contributed by atoms with Gasteiger partial charge in [-0.2, -0.15) is 13.2 Å². The van der Waals surface area contributed by atoms with Crippen molar-refractivity contribution in [2.24, 2.45) is 0 Å². The lowest BCUT2D eigenvalue weighted by atomic mass is 9.99. The van der Waals surface area contributed by atoms with Gasteiger partial charge in [-0.25, -0.2) is 0 Å². The molecule has 1 aromatic heterocycles. The van der Waals surface area contributed by atoms with Gasteiger partial charge in [0.2, 0.25) is 0 Å². The van der Waals surface area contributed by atoms with Crippen molar-refractivity contribution in [1.29, 1.82) is 0 Å². The molecule has 0 amide bonds. The summed E-state index contributed by atoms with van der Waals surface area (Å²) in [5, 5.41) is 3.12. The molecule has 0 aliphatic heterocycles. The van der Waals surface area contributed by atoms with Crippen LogP contribution in [0, 0.1) is 0 Å². The number of benzene rings is 1. The minimum atomic E-state index is -4.29. The minimum Gasteiger partial charge on any atom is -0.313 e. The average molecular weight is 280 g/mol. The third-order valence-corrected chi connectivity index (χ3v) is 3.15. The fraction of sp³-hybridized carbons (Fsp3) is 0.267. The number of nitrogens with zero attached hydrogens (tertiary/aromatic N) is 1. The molecule has 20 heavy (non-hydrogen) atoms. The monoisotopic (exact) mass is 280 g/mol. The van der Waals surface area contributed by atoms with Gasteiger partial charge in [0.25, 0.3) is 0 Å². The summed E-state index contributed by atoms with van der Waals surface area (Å²) in [6, 6.07) is 9.00. The molecule has 5 heteroatoms. The second kappa shape index (κ2) is 6.05. The van der Waals surface area contributed by atoms with E-state index in [0.717, 1.165) is 23.3 Å². The lowest BCUT2D eigenvalue weighted by Gasteiger charge is -2.17. The molecule has 0 bridgehead atoms.